The lowest BCUT2D eigenvalue weighted by molar-refractivity contribution is -0.151. The largest absolute Gasteiger partial charge is 0.465 e. The summed E-state index contributed by atoms with van der Waals surface area (Å²) in [5.74, 6) is -0.191. The van der Waals surface area contributed by atoms with Crippen LogP contribution in [0.15, 0.2) is 24.3 Å². The Balaban J connectivity index is 2.05. The number of hydrogen-bond donors (Lipinski definition) is 1. The number of esters is 1. The Morgan fingerprint density at radius 1 is 1.48 bits per heavy atom. The molecule has 1 N–H and O–H groups in total. The smallest absolute Gasteiger partial charge is 0.323 e. The first-order valence-electron chi connectivity index (χ1n) is 7.46. The van der Waals surface area contributed by atoms with Crippen LogP contribution in [-0.2, 0) is 9.53 Å². The van der Waals surface area contributed by atoms with Crippen molar-refractivity contribution in [2.24, 2.45) is 0 Å². The molecule has 0 saturated carbocycles. The van der Waals surface area contributed by atoms with Crippen molar-refractivity contribution in [2.45, 2.75) is 38.3 Å². The van der Waals surface area contributed by atoms with Crippen molar-refractivity contribution in [3.8, 4) is 0 Å². The Morgan fingerprint density at radius 3 is 2.95 bits per heavy atom. The number of halogens is 1. The molecule has 2 rings (SSSR count). The van der Waals surface area contributed by atoms with E-state index in [1.54, 1.807) is 6.07 Å². The molecule has 116 valence electrons. The van der Waals surface area contributed by atoms with Gasteiger partial charge in [0.2, 0.25) is 0 Å². The highest BCUT2D eigenvalue weighted by Crippen LogP contribution is 2.26. The normalized spacial score (nSPS) is 21.0. The van der Waals surface area contributed by atoms with Crippen molar-refractivity contribution in [3.63, 3.8) is 0 Å². The first kappa shape index (κ1) is 16.3. The summed E-state index contributed by atoms with van der Waals surface area (Å²) in [6, 6.07) is 7.01. The molecule has 21 heavy (non-hydrogen) atoms. The van der Waals surface area contributed by atoms with E-state index in [-0.39, 0.29) is 12.0 Å². The second kappa shape index (κ2) is 7.78. The average Bonchev–Trinajstić information content (AvgIpc) is 2.48. The minimum absolute atomic E-state index is 0.191. The molecule has 5 heteroatoms. The highest BCUT2D eigenvalue weighted by Gasteiger charge is 2.31. The molecule has 1 heterocycles. The van der Waals surface area contributed by atoms with Crippen LogP contribution in [0, 0.1) is 0 Å². The van der Waals surface area contributed by atoms with Crippen molar-refractivity contribution in [2.75, 3.05) is 19.7 Å². The lowest BCUT2D eigenvalue weighted by Crippen LogP contribution is -2.47. The van der Waals surface area contributed by atoms with Crippen LogP contribution in [0.5, 0.6) is 0 Å². The third-order valence-corrected chi connectivity index (χ3v) is 4.19. The molecule has 1 fully saturated rings. The Morgan fingerprint density at radius 2 is 2.24 bits per heavy atom. The summed E-state index contributed by atoms with van der Waals surface area (Å²) >= 11 is 6.12. The highest BCUT2D eigenvalue weighted by atomic mass is 35.5. The number of piperidine rings is 1. The summed E-state index contributed by atoms with van der Waals surface area (Å²) in [6.07, 6.45) is 2.13. The number of carbonyl (C=O) groups is 1. The van der Waals surface area contributed by atoms with Crippen molar-refractivity contribution in [1.29, 1.82) is 0 Å². The molecule has 0 aliphatic carbocycles. The maximum Gasteiger partial charge on any atom is 0.323 e. The molecule has 0 aromatic heterocycles. The molecule has 2 unspecified atom stereocenters. The molecule has 0 amide bonds. The van der Waals surface area contributed by atoms with Crippen LogP contribution in [0.4, 0.5) is 0 Å². The molecule has 2 atom stereocenters. The van der Waals surface area contributed by atoms with Gasteiger partial charge in [-0.3, -0.25) is 9.69 Å². The van der Waals surface area contributed by atoms with Crippen LogP contribution >= 0.6 is 11.6 Å². The SMILES string of the molecule is CCOC(=O)C1CCCCN1CC(O)c1ccccc1Cl. The highest BCUT2D eigenvalue weighted by molar-refractivity contribution is 6.31. The molecule has 0 bridgehead atoms. The lowest BCUT2D eigenvalue weighted by atomic mass is 10.0. The summed E-state index contributed by atoms with van der Waals surface area (Å²) in [5, 5.41) is 11.0. The molecule has 1 aromatic carbocycles. The van der Waals surface area contributed by atoms with E-state index in [1.807, 2.05) is 30.0 Å². The Labute approximate surface area is 130 Å². The fourth-order valence-electron chi connectivity index (χ4n) is 2.78. The number of aliphatic hydroxyl groups excluding tert-OH is 1. The number of ether oxygens (including phenoxy) is 1. The summed E-state index contributed by atoms with van der Waals surface area (Å²) < 4.78 is 5.13. The number of aliphatic hydroxyl groups is 1. The minimum atomic E-state index is -0.700. The quantitative estimate of drug-likeness (QED) is 0.850. The van der Waals surface area contributed by atoms with Gasteiger partial charge in [0.05, 0.1) is 12.7 Å². The Bertz CT molecular complexity index is 480. The predicted molar refractivity (Wildman–Crippen MR) is 82.3 cm³/mol. The molecular formula is C16H22ClNO3. The predicted octanol–water partition coefficient (Wildman–Crippen LogP) is 2.79. The molecule has 1 aromatic rings. The number of β-amino-alcohol motifs (C(OH)–C–C–N with tert-alkyl or cyclic N) is 1. The van der Waals surface area contributed by atoms with Gasteiger partial charge >= 0.3 is 5.97 Å². The molecule has 1 saturated heterocycles. The van der Waals surface area contributed by atoms with Crippen LogP contribution in [0.2, 0.25) is 5.02 Å². The standard InChI is InChI=1S/C16H22ClNO3/c1-2-21-16(20)14-9-5-6-10-18(14)11-15(19)12-7-3-4-8-13(12)17/h3-4,7-8,14-15,19H,2,5-6,9-11H2,1H3. The third kappa shape index (κ3) is 4.19. The Kier molecular flexibility index (Phi) is 6.03. The third-order valence-electron chi connectivity index (χ3n) is 3.84. The second-order valence-corrected chi connectivity index (χ2v) is 5.70. The lowest BCUT2D eigenvalue weighted by Gasteiger charge is -2.35. The van der Waals surface area contributed by atoms with Gasteiger partial charge in [-0.1, -0.05) is 36.2 Å². The first-order valence-corrected chi connectivity index (χ1v) is 7.84. The van der Waals surface area contributed by atoms with Gasteiger partial charge < -0.3 is 9.84 Å². The number of rotatable bonds is 5. The summed E-state index contributed by atoms with van der Waals surface area (Å²) in [4.78, 5) is 14.0. The van der Waals surface area contributed by atoms with Gasteiger partial charge in [-0.25, -0.2) is 0 Å². The molecule has 4 nitrogen and oxygen atoms in total. The zero-order chi connectivity index (χ0) is 15.2. The van der Waals surface area contributed by atoms with E-state index in [0.717, 1.165) is 25.8 Å². The van der Waals surface area contributed by atoms with Gasteiger partial charge in [-0.05, 0) is 32.4 Å². The van der Waals surface area contributed by atoms with Gasteiger partial charge in [-0.15, -0.1) is 0 Å². The van der Waals surface area contributed by atoms with Gasteiger partial charge in [0.25, 0.3) is 0 Å². The van der Waals surface area contributed by atoms with Gasteiger partial charge in [0.15, 0.2) is 0 Å². The van der Waals surface area contributed by atoms with E-state index < -0.39 is 6.10 Å². The summed E-state index contributed by atoms with van der Waals surface area (Å²) in [7, 11) is 0. The van der Waals surface area contributed by atoms with E-state index in [1.165, 1.54) is 0 Å². The van der Waals surface area contributed by atoms with E-state index >= 15 is 0 Å². The van der Waals surface area contributed by atoms with E-state index in [4.69, 9.17) is 16.3 Å². The fraction of sp³-hybridized carbons (Fsp3) is 0.562. The van der Waals surface area contributed by atoms with Gasteiger partial charge in [-0.2, -0.15) is 0 Å². The van der Waals surface area contributed by atoms with Gasteiger partial charge in [0, 0.05) is 17.1 Å². The summed E-state index contributed by atoms with van der Waals surface area (Å²) in [5.41, 5.74) is 0.701. The maximum absolute atomic E-state index is 12.0. The fourth-order valence-corrected chi connectivity index (χ4v) is 3.04. The molecule has 0 spiro atoms. The number of benzene rings is 1. The topological polar surface area (TPSA) is 49.8 Å². The van der Waals surface area contributed by atoms with Crippen molar-refractivity contribution in [1.82, 2.24) is 4.90 Å². The zero-order valence-corrected chi connectivity index (χ0v) is 13.1. The first-order chi connectivity index (χ1) is 10.1. The van der Waals surface area contributed by atoms with Crippen LogP contribution in [0.25, 0.3) is 0 Å². The number of hydrogen-bond acceptors (Lipinski definition) is 4. The van der Waals surface area contributed by atoms with Crippen molar-refractivity contribution < 1.29 is 14.6 Å². The Hall–Kier alpha value is -1.10. The van der Waals surface area contributed by atoms with E-state index in [9.17, 15) is 9.90 Å². The molecule has 0 radical (unpaired) electrons. The molecule has 1 aliphatic rings. The van der Waals surface area contributed by atoms with Crippen molar-refractivity contribution in [3.05, 3.63) is 34.9 Å². The second-order valence-electron chi connectivity index (χ2n) is 5.30. The van der Waals surface area contributed by atoms with Crippen molar-refractivity contribution >= 4 is 17.6 Å². The van der Waals surface area contributed by atoms with Crippen LogP contribution in [-0.4, -0.2) is 41.7 Å². The van der Waals surface area contributed by atoms with Crippen LogP contribution < -0.4 is 0 Å². The van der Waals surface area contributed by atoms with E-state index in [2.05, 4.69) is 0 Å². The van der Waals surface area contributed by atoms with Crippen LogP contribution in [0.1, 0.15) is 37.9 Å². The molecular weight excluding hydrogens is 290 g/mol. The number of likely N-dealkylation sites (tertiary alicyclic amines) is 1. The number of carbonyl (C=O) groups excluding carboxylic acids is 1. The zero-order valence-electron chi connectivity index (χ0n) is 12.3. The number of nitrogens with zero attached hydrogens (tertiary/aromatic N) is 1. The van der Waals surface area contributed by atoms with E-state index in [0.29, 0.717) is 23.7 Å². The minimum Gasteiger partial charge on any atom is -0.465 e. The monoisotopic (exact) mass is 311 g/mol. The average molecular weight is 312 g/mol. The molecule has 1 aliphatic heterocycles. The maximum atomic E-state index is 12.0. The van der Waals surface area contributed by atoms with Gasteiger partial charge in [0.1, 0.15) is 6.04 Å². The van der Waals surface area contributed by atoms with Crippen LogP contribution in [0.3, 0.4) is 0 Å². The summed E-state index contributed by atoms with van der Waals surface area (Å²) in [6.45, 7) is 3.39.